The lowest BCUT2D eigenvalue weighted by molar-refractivity contribution is -0.125. The van der Waals surface area contributed by atoms with Crippen LogP contribution < -0.4 is 21.1 Å². The summed E-state index contributed by atoms with van der Waals surface area (Å²) < 4.78 is 1.79. The molecule has 4 rings (SSSR count). The second-order valence-electron chi connectivity index (χ2n) is 8.07. The highest BCUT2D eigenvalue weighted by molar-refractivity contribution is 7.22. The molecule has 2 N–H and O–H groups in total. The first-order valence-corrected chi connectivity index (χ1v) is 11.5. The first-order valence-electron chi connectivity index (χ1n) is 10.7. The van der Waals surface area contributed by atoms with Gasteiger partial charge in [-0.1, -0.05) is 24.7 Å². The lowest BCUT2D eigenvalue weighted by Gasteiger charge is -2.30. The lowest BCUT2D eigenvalue weighted by Crippen LogP contribution is -2.41. The fraction of sp³-hybridized carbons (Fsp3) is 0.650. The molecule has 0 atom stereocenters. The van der Waals surface area contributed by atoms with E-state index in [4.69, 9.17) is 0 Å². The van der Waals surface area contributed by atoms with Crippen LogP contribution in [0.25, 0.3) is 10.3 Å². The lowest BCUT2D eigenvalue weighted by atomic mass is 9.96. The van der Waals surface area contributed by atoms with E-state index in [1.807, 2.05) is 0 Å². The van der Waals surface area contributed by atoms with Crippen LogP contribution in [0.1, 0.15) is 45.4 Å². The van der Waals surface area contributed by atoms with Crippen molar-refractivity contribution in [3.05, 3.63) is 16.7 Å². The largest absolute Gasteiger partial charge is 0.355 e. The number of nitrogens with zero attached hydrogens (tertiary/aromatic N) is 4. The van der Waals surface area contributed by atoms with Crippen LogP contribution in [-0.4, -0.2) is 52.0 Å². The van der Waals surface area contributed by atoms with E-state index in [1.165, 1.54) is 22.2 Å². The zero-order valence-electron chi connectivity index (χ0n) is 17.2. The number of anilines is 1. The molecule has 9 nitrogen and oxygen atoms in total. The molecule has 1 saturated carbocycles. The van der Waals surface area contributed by atoms with Gasteiger partial charge in [0, 0.05) is 31.6 Å². The van der Waals surface area contributed by atoms with Crippen LogP contribution >= 0.6 is 11.3 Å². The van der Waals surface area contributed by atoms with E-state index >= 15 is 0 Å². The molecular weight excluding hydrogens is 404 g/mol. The fourth-order valence-electron chi connectivity index (χ4n) is 3.58. The van der Waals surface area contributed by atoms with Crippen LogP contribution in [0.5, 0.6) is 0 Å². The number of piperidine rings is 1. The van der Waals surface area contributed by atoms with Crippen molar-refractivity contribution in [2.75, 3.05) is 24.5 Å². The molecule has 1 aliphatic carbocycles. The SMILES string of the molecule is CCCCNC(=O)Cn1cnc2nc(N3CCC(C(=O)NC4CC4)CC3)sc2c1=O. The number of carbonyl (C=O) groups is 2. The molecule has 2 aromatic rings. The van der Waals surface area contributed by atoms with Crippen LogP contribution in [0.3, 0.4) is 0 Å². The number of hydrogen-bond acceptors (Lipinski definition) is 7. The maximum Gasteiger partial charge on any atom is 0.273 e. The van der Waals surface area contributed by atoms with E-state index in [0.717, 1.165) is 56.7 Å². The molecule has 0 aromatic carbocycles. The first-order chi connectivity index (χ1) is 14.5. The van der Waals surface area contributed by atoms with Crippen molar-refractivity contribution >= 4 is 38.6 Å². The average Bonchev–Trinajstić information content (AvgIpc) is 3.45. The van der Waals surface area contributed by atoms with Gasteiger partial charge >= 0.3 is 0 Å². The second-order valence-corrected chi connectivity index (χ2v) is 9.05. The van der Waals surface area contributed by atoms with Crippen LogP contribution in [0.15, 0.2) is 11.1 Å². The van der Waals surface area contributed by atoms with Crippen LogP contribution in [-0.2, 0) is 16.1 Å². The van der Waals surface area contributed by atoms with Crippen molar-refractivity contribution in [2.45, 2.75) is 58.0 Å². The molecule has 10 heteroatoms. The van der Waals surface area contributed by atoms with E-state index in [9.17, 15) is 14.4 Å². The number of unbranched alkanes of at least 4 members (excludes halogenated alkanes) is 1. The maximum atomic E-state index is 12.8. The minimum absolute atomic E-state index is 0.0414. The molecule has 0 radical (unpaired) electrons. The number of nitrogens with one attached hydrogen (secondary N) is 2. The van der Waals surface area contributed by atoms with E-state index in [1.54, 1.807) is 0 Å². The van der Waals surface area contributed by atoms with Crippen molar-refractivity contribution in [3.8, 4) is 0 Å². The summed E-state index contributed by atoms with van der Waals surface area (Å²) in [5.41, 5.74) is 0.171. The van der Waals surface area contributed by atoms with Gasteiger partial charge in [-0.3, -0.25) is 19.0 Å². The summed E-state index contributed by atoms with van der Waals surface area (Å²) in [4.78, 5) is 48.0. The average molecular weight is 433 g/mol. The number of rotatable bonds is 8. The molecule has 1 aliphatic heterocycles. The predicted octanol–water partition coefficient (Wildman–Crippen LogP) is 1.26. The van der Waals surface area contributed by atoms with Crippen LogP contribution in [0, 0.1) is 5.92 Å². The summed E-state index contributed by atoms with van der Waals surface area (Å²) in [5, 5.41) is 6.65. The molecule has 162 valence electrons. The Morgan fingerprint density at radius 3 is 2.70 bits per heavy atom. The van der Waals surface area contributed by atoms with Gasteiger partial charge in [-0.25, -0.2) is 4.98 Å². The van der Waals surface area contributed by atoms with E-state index in [-0.39, 0.29) is 29.8 Å². The summed E-state index contributed by atoms with van der Waals surface area (Å²) in [5.74, 6) is 0.0315. The number of hydrogen-bond donors (Lipinski definition) is 2. The zero-order chi connectivity index (χ0) is 21.1. The third-order valence-electron chi connectivity index (χ3n) is 5.60. The third kappa shape index (κ3) is 4.80. The van der Waals surface area contributed by atoms with Gasteiger partial charge in [-0.15, -0.1) is 0 Å². The van der Waals surface area contributed by atoms with Gasteiger partial charge in [0.15, 0.2) is 10.8 Å². The highest BCUT2D eigenvalue weighted by Crippen LogP contribution is 2.29. The van der Waals surface area contributed by atoms with Crippen molar-refractivity contribution < 1.29 is 9.59 Å². The van der Waals surface area contributed by atoms with Gasteiger partial charge in [0.1, 0.15) is 17.6 Å². The molecule has 2 fully saturated rings. The highest BCUT2D eigenvalue weighted by Gasteiger charge is 2.30. The van der Waals surface area contributed by atoms with Crippen molar-refractivity contribution in [3.63, 3.8) is 0 Å². The molecule has 30 heavy (non-hydrogen) atoms. The Labute approximate surface area is 178 Å². The molecule has 1 saturated heterocycles. The summed E-state index contributed by atoms with van der Waals surface area (Å²) in [6.45, 7) is 4.09. The number of carbonyl (C=O) groups excluding carboxylic acids is 2. The van der Waals surface area contributed by atoms with E-state index in [0.29, 0.717) is 22.9 Å². The number of fused-ring (bicyclic) bond motifs is 1. The van der Waals surface area contributed by atoms with Gasteiger partial charge in [0.05, 0.1) is 0 Å². The number of amides is 2. The summed E-state index contributed by atoms with van der Waals surface area (Å²) in [6.07, 6.45) is 7.06. The van der Waals surface area contributed by atoms with Gasteiger partial charge in [-0.2, -0.15) is 4.98 Å². The highest BCUT2D eigenvalue weighted by atomic mass is 32.1. The Kier molecular flexibility index (Phi) is 6.31. The monoisotopic (exact) mass is 432 g/mol. The normalized spacial score (nSPS) is 17.3. The second kappa shape index (κ2) is 9.11. The summed E-state index contributed by atoms with van der Waals surface area (Å²) >= 11 is 1.31. The first kappa shape index (κ1) is 20.8. The smallest absolute Gasteiger partial charge is 0.273 e. The Balaban J connectivity index is 1.40. The Bertz CT molecular complexity index is 975. The summed E-state index contributed by atoms with van der Waals surface area (Å²) in [6, 6.07) is 0.391. The Morgan fingerprint density at radius 1 is 1.23 bits per heavy atom. The molecule has 3 heterocycles. The molecule has 0 bridgehead atoms. The molecule has 2 aliphatic rings. The Hall–Kier alpha value is -2.49. The third-order valence-corrected chi connectivity index (χ3v) is 6.69. The quantitative estimate of drug-likeness (QED) is 0.608. The fourth-order valence-corrected chi connectivity index (χ4v) is 4.60. The maximum absolute atomic E-state index is 12.8. The van der Waals surface area contributed by atoms with Gasteiger partial charge in [0.2, 0.25) is 11.8 Å². The van der Waals surface area contributed by atoms with Gasteiger partial charge < -0.3 is 15.5 Å². The van der Waals surface area contributed by atoms with Gasteiger partial charge in [0.25, 0.3) is 5.56 Å². The van der Waals surface area contributed by atoms with Crippen molar-refractivity contribution in [1.29, 1.82) is 0 Å². The Morgan fingerprint density at radius 2 is 2.00 bits per heavy atom. The predicted molar refractivity (Wildman–Crippen MR) is 116 cm³/mol. The van der Waals surface area contributed by atoms with Gasteiger partial charge in [-0.05, 0) is 32.1 Å². The van der Waals surface area contributed by atoms with Crippen LogP contribution in [0.2, 0.25) is 0 Å². The van der Waals surface area contributed by atoms with E-state index in [2.05, 4.69) is 32.4 Å². The molecule has 2 amide bonds. The topological polar surface area (TPSA) is 109 Å². The minimum Gasteiger partial charge on any atom is -0.355 e. The zero-order valence-corrected chi connectivity index (χ0v) is 18.0. The van der Waals surface area contributed by atoms with E-state index < -0.39 is 0 Å². The molecular formula is C20H28N6O3S. The molecule has 0 spiro atoms. The van der Waals surface area contributed by atoms with Crippen molar-refractivity contribution in [1.82, 2.24) is 25.2 Å². The molecule has 0 unspecified atom stereocenters. The van der Waals surface area contributed by atoms with Crippen molar-refractivity contribution in [2.24, 2.45) is 5.92 Å². The number of aromatic nitrogens is 3. The number of thiazole rings is 1. The van der Waals surface area contributed by atoms with Crippen LogP contribution in [0.4, 0.5) is 5.13 Å². The summed E-state index contributed by atoms with van der Waals surface area (Å²) in [7, 11) is 0. The standard InChI is InChI=1S/C20H28N6O3S/c1-2-3-8-21-15(27)11-26-12-22-17-16(19(26)29)30-20(24-17)25-9-6-13(7-10-25)18(28)23-14-4-5-14/h12-14H,2-11H2,1H3,(H,21,27)(H,23,28). The molecule has 2 aromatic heterocycles. The minimum atomic E-state index is -0.243.